The zero-order chi connectivity index (χ0) is 13.4. The van der Waals surface area contributed by atoms with Gasteiger partial charge in [-0.3, -0.25) is 4.90 Å². The van der Waals surface area contributed by atoms with Crippen LogP contribution in [0, 0.1) is 11.3 Å². The van der Waals surface area contributed by atoms with Gasteiger partial charge in [-0.15, -0.1) is 0 Å². The number of likely N-dealkylation sites (tertiary alicyclic amines) is 1. The van der Waals surface area contributed by atoms with Crippen molar-refractivity contribution in [3.8, 4) is 0 Å². The summed E-state index contributed by atoms with van der Waals surface area (Å²) in [5.74, 6) is 0.730. The maximum absolute atomic E-state index is 6.21. The SMILES string of the molecule is CC(N)C(N1CC(C)C(N(C)C)C1)C(C)(C)C. The topological polar surface area (TPSA) is 32.5 Å². The maximum Gasteiger partial charge on any atom is 0.0293 e. The third kappa shape index (κ3) is 3.43. The lowest BCUT2D eigenvalue weighted by Crippen LogP contribution is -2.53. The van der Waals surface area contributed by atoms with Crippen molar-refractivity contribution in [1.29, 1.82) is 0 Å². The van der Waals surface area contributed by atoms with Crippen LogP contribution in [0.3, 0.4) is 0 Å². The summed E-state index contributed by atoms with van der Waals surface area (Å²) >= 11 is 0. The number of rotatable bonds is 3. The van der Waals surface area contributed by atoms with E-state index in [9.17, 15) is 0 Å². The highest BCUT2D eigenvalue weighted by Crippen LogP contribution is 2.31. The normalized spacial score (nSPS) is 30.9. The van der Waals surface area contributed by atoms with Gasteiger partial charge in [-0.2, -0.15) is 0 Å². The fourth-order valence-electron chi connectivity index (χ4n) is 3.55. The predicted molar refractivity (Wildman–Crippen MR) is 75.1 cm³/mol. The van der Waals surface area contributed by atoms with E-state index < -0.39 is 0 Å². The Kier molecular flexibility index (Phi) is 4.61. The van der Waals surface area contributed by atoms with Crippen molar-refractivity contribution < 1.29 is 0 Å². The molecule has 1 rings (SSSR count). The molecule has 0 aromatic heterocycles. The zero-order valence-electron chi connectivity index (χ0n) is 12.7. The van der Waals surface area contributed by atoms with E-state index in [2.05, 4.69) is 58.5 Å². The minimum atomic E-state index is 0.225. The first-order chi connectivity index (χ1) is 7.64. The summed E-state index contributed by atoms with van der Waals surface area (Å²) in [6, 6.07) is 1.36. The molecule has 1 saturated heterocycles. The van der Waals surface area contributed by atoms with Crippen LogP contribution < -0.4 is 5.73 Å². The smallest absolute Gasteiger partial charge is 0.0293 e. The van der Waals surface area contributed by atoms with Gasteiger partial charge in [0.2, 0.25) is 0 Å². The molecule has 4 unspecified atom stereocenters. The van der Waals surface area contributed by atoms with Crippen LogP contribution in [0.25, 0.3) is 0 Å². The third-order valence-corrected chi connectivity index (χ3v) is 4.04. The first kappa shape index (κ1) is 14.9. The monoisotopic (exact) mass is 241 g/mol. The minimum absolute atomic E-state index is 0.225. The second kappa shape index (κ2) is 5.25. The number of hydrogen-bond donors (Lipinski definition) is 1. The van der Waals surface area contributed by atoms with Crippen LogP contribution in [-0.4, -0.2) is 55.1 Å². The van der Waals surface area contributed by atoms with Crippen molar-refractivity contribution >= 4 is 0 Å². The lowest BCUT2D eigenvalue weighted by atomic mass is 9.82. The number of nitrogens with zero attached hydrogens (tertiary/aromatic N) is 2. The van der Waals surface area contributed by atoms with E-state index in [1.54, 1.807) is 0 Å². The highest BCUT2D eigenvalue weighted by atomic mass is 15.3. The van der Waals surface area contributed by atoms with Gasteiger partial charge < -0.3 is 10.6 Å². The number of likely N-dealkylation sites (N-methyl/N-ethyl adjacent to an activating group) is 1. The van der Waals surface area contributed by atoms with Gasteiger partial charge in [-0.25, -0.2) is 0 Å². The highest BCUT2D eigenvalue weighted by molar-refractivity contribution is 4.96. The largest absolute Gasteiger partial charge is 0.327 e. The summed E-state index contributed by atoms with van der Waals surface area (Å²) in [4.78, 5) is 4.95. The van der Waals surface area contributed by atoms with E-state index in [1.807, 2.05) is 0 Å². The van der Waals surface area contributed by atoms with Gasteiger partial charge in [0.05, 0.1) is 0 Å². The lowest BCUT2D eigenvalue weighted by Gasteiger charge is -2.41. The first-order valence-electron chi connectivity index (χ1n) is 6.80. The Morgan fingerprint density at radius 1 is 1.24 bits per heavy atom. The minimum Gasteiger partial charge on any atom is -0.327 e. The summed E-state index contributed by atoms with van der Waals surface area (Å²) < 4.78 is 0. The highest BCUT2D eigenvalue weighted by Gasteiger charge is 2.40. The van der Waals surface area contributed by atoms with E-state index in [4.69, 9.17) is 5.73 Å². The van der Waals surface area contributed by atoms with Gasteiger partial charge in [0.1, 0.15) is 0 Å². The molecule has 0 amide bonds. The van der Waals surface area contributed by atoms with Crippen molar-refractivity contribution in [2.45, 2.75) is 52.7 Å². The Hall–Kier alpha value is -0.120. The molecule has 0 aromatic carbocycles. The second-order valence-electron chi connectivity index (χ2n) is 7.13. The molecule has 2 N–H and O–H groups in total. The van der Waals surface area contributed by atoms with Crippen LogP contribution in [0.4, 0.5) is 0 Å². The van der Waals surface area contributed by atoms with E-state index >= 15 is 0 Å². The van der Waals surface area contributed by atoms with Gasteiger partial charge in [0, 0.05) is 31.2 Å². The molecule has 1 aliphatic heterocycles. The number of hydrogen-bond acceptors (Lipinski definition) is 3. The van der Waals surface area contributed by atoms with Crippen LogP contribution >= 0.6 is 0 Å². The quantitative estimate of drug-likeness (QED) is 0.815. The fraction of sp³-hybridized carbons (Fsp3) is 1.00. The van der Waals surface area contributed by atoms with Gasteiger partial charge in [0.15, 0.2) is 0 Å². The summed E-state index contributed by atoms with van der Waals surface area (Å²) in [6.45, 7) is 13.7. The molecule has 1 aliphatic rings. The van der Waals surface area contributed by atoms with Crippen molar-refractivity contribution in [3.05, 3.63) is 0 Å². The average Bonchev–Trinajstić information content (AvgIpc) is 2.43. The summed E-state index contributed by atoms with van der Waals surface area (Å²) in [6.07, 6.45) is 0. The van der Waals surface area contributed by atoms with Crippen LogP contribution in [0.2, 0.25) is 0 Å². The van der Waals surface area contributed by atoms with Crippen molar-refractivity contribution in [1.82, 2.24) is 9.80 Å². The molecule has 0 aromatic rings. The van der Waals surface area contributed by atoms with E-state index in [-0.39, 0.29) is 11.5 Å². The Balaban J connectivity index is 2.79. The zero-order valence-corrected chi connectivity index (χ0v) is 12.7. The molecule has 0 radical (unpaired) electrons. The summed E-state index contributed by atoms with van der Waals surface area (Å²) in [7, 11) is 4.37. The Morgan fingerprint density at radius 3 is 2.06 bits per heavy atom. The molecule has 0 spiro atoms. The molecule has 0 saturated carbocycles. The fourth-order valence-corrected chi connectivity index (χ4v) is 3.55. The lowest BCUT2D eigenvalue weighted by molar-refractivity contribution is 0.0972. The molecule has 0 aliphatic carbocycles. The molecule has 3 nitrogen and oxygen atoms in total. The number of nitrogens with two attached hydrogens (primary N) is 1. The summed E-state index contributed by atoms with van der Waals surface area (Å²) in [5.41, 5.74) is 6.46. The first-order valence-corrected chi connectivity index (χ1v) is 6.80. The molecule has 0 bridgehead atoms. The molecule has 1 fully saturated rings. The van der Waals surface area contributed by atoms with Gasteiger partial charge in [-0.1, -0.05) is 27.7 Å². The third-order valence-electron chi connectivity index (χ3n) is 4.04. The summed E-state index contributed by atoms with van der Waals surface area (Å²) in [5, 5.41) is 0. The van der Waals surface area contributed by atoms with Crippen molar-refractivity contribution in [3.63, 3.8) is 0 Å². The molecular weight excluding hydrogens is 210 g/mol. The molecule has 3 heteroatoms. The molecule has 102 valence electrons. The second-order valence-corrected chi connectivity index (χ2v) is 7.13. The molecule has 4 atom stereocenters. The Bertz CT molecular complexity index is 242. The average molecular weight is 241 g/mol. The Labute approximate surface area is 107 Å². The Morgan fingerprint density at radius 2 is 1.76 bits per heavy atom. The van der Waals surface area contributed by atoms with Crippen LogP contribution in [0.15, 0.2) is 0 Å². The van der Waals surface area contributed by atoms with E-state index in [0.29, 0.717) is 12.1 Å². The van der Waals surface area contributed by atoms with Gasteiger partial charge in [-0.05, 0) is 32.4 Å². The molecular formula is C14H31N3. The van der Waals surface area contributed by atoms with Gasteiger partial charge in [0.25, 0.3) is 0 Å². The van der Waals surface area contributed by atoms with Crippen LogP contribution in [0.5, 0.6) is 0 Å². The standard InChI is InChI=1S/C14H31N3/c1-10-8-17(9-12(10)16(6)7)13(11(2)15)14(3,4)5/h10-13H,8-9,15H2,1-7H3. The maximum atomic E-state index is 6.21. The van der Waals surface area contributed by atoms with E-state index in [1.165, 1.54) is 6.54 Å². The molecule has 1 heterocycles. The molecule has 17 heavy (non-hydrogen) atoms. The predicted octanol–water partition coefficient (Wildman–Crippen LogP) is 1.63. The van der Waals surface area contributed by atoms with Crippen LogP contribution in [-0.2, 0) is 0 Å². The van der Waals surface area contributed by atoms with Gasteiger partial charge >= 0.3 is 0 Å². The van der Waals surface area contributed by atoms with E-state index in [0.717, 1.165) is 12.5 Å². The van der Waals surface area contributed by atoms with Crippen LogP contribution in [0.1, 0.15) is 34.6 Å². The van der Waals surface area contributed by atoms with Crippen molar-refractivity contribution in [2.75, 3.05) is 27.2 Å². The van der Waals surface area contributed by atoms with Crippen molar-refractivity contribution in [2.24, 2.45) is 17.1 Å².